The van der Waals surface area contributed by atoms with E-state index in [4.69, 9.17) is 90.4 Å². The van der Waals surface area contributed by atoms with Crippen LogP contribution in [-0.2, 0) is 178 Å². The molecule has 2 bridgehead atoms. The largest absolute Gasteiger partial charge is 1.00 e. The number of carbonyl (C=O) groups excluding carboxylic acids is 2. The Kier molecular flexibility index (Phi) is 51.6. The van der Waals surface area contributed by atoms with E-state index in [0.29, 0.717) is 0 Å². The van der Waals surface area contributed by atoms with Crippen molar-refractivity contribution in [1.82, 2.24) is 0 Å². The van der Waals surface area contributed by atoms with Crippen molar-refractivity contribution in [3.8, 4) is 0 Å². The molecule has 0 saturated carbocycles. The van der Waals surface area contributed by atoms with Crippen molar-refractivity contribution >= 4 is 74.3 Å². The summed E-state index contributed by atoms with van der Waals surface area (Å²) in [6.07, 6.45) is -50.8. The van der Waals surface area contributed by atoms with Gasteiger partial charge in [-0.15, -0.1) is 0 Å². The molecule has 0 aromatic carbocycles. The number of hydrogen-bond donors (Lipinski definition) is 1. The van der Waals surface area contributed by atoms with Crippen LogP contribution in [0.5, 0.6) is 0 Å². The number of hydrogen-bond acceptors (Lipinski definition) is 46. The second-order valence-electron chi connectivity index (χ2n) is 20.3. The standard InChI is InChI=1S/C42H71NO45S6.8Na/c1-9-41(39(44)45)32(82-34-19(43)23(72-11-3)20(71-10-2)16(77-34)12-74-89(48,49)50)26(67-5)28(69-7)37(84-41)81-22-18(14-76-91(54,55)56)79-36(31(88-94(63,64)65)25(22)86-92(57,58)59)83-33-27(68-6)29-38(85-42(33,15-73-29)40(46)47)80-21-17(13-75-90(51,52)53)78-35(70-8)30(24(21)66-4)87-93(60,61)62;;;;;;;;/h16-38H,9-15,43H2,1-8H3,(H,44,45)(H,46,47)(H,48,49,50)(H,51,52,53)(H,54,55,56)(H,57,58,59)(H,60,61,62)(H,63,64,65);;;;;;;;/q;8*+1/p-8/t16-,17-,18-,19-,20-,21-,22-,23-,24+,25+,26-,27-,28-,29-,30-,31-,32+,33+,34+,35+,36-,37-,38?,41+,42+;;;;;;;;/m1......../s1. The molecular formula is C42H63NNa8O45S6. The number of carbonyl (C=O) groups is 2. The van der Waals surface area contributed by atoms with E-state index < -0.39 is 260 Å². The summed E-state index contributed by atoms with van der Waals surface area (Å²) in [4.78, 5) is 27.2. The minimum Gasteiger partial charge on any atom is -0.726 e. The molecule has 0 aromatic rings. The number of carboxylic acid groups (broad SMARTS) is 2. The summed E-state index contributed by atoms with van der Waals surface area (Å²) in [6.45, 7) is -1.72. The number of ether oxygens (including phenoxy) is 17. The Labute approximate surface area is 763 Å². The van der Waals surface area contributed by atoms with Gasteiger partial charge in [0.2, 0.25) is 62.4 Å². The summed E-state index contributed by atoms with van der Waals surface area (Å²) in [6, 6.07) is -1.56. The SMILES string of the molecule is CCO[C@@H]1[C@@H](N)[C@H](O[C@H]2[C@H](OC)[C@@H](OC)[C@H](O[C@H]3[C@H](OS(=O)(=O)[O-])[C@@H](OS(=O)(=O)[O-])[C@@H](O[C@H]4[C@H](OC)[C@H]5OC[C@]4(C(=O)[O-])OC5O[C@H]4[C@H](OC)[C@@H](OS(=O)(=O)[O-])[C@@H](OC)O[C@@H]4COS(=O)(=O)[O-])O[C@@H]3COS(=O)(=O)[O-])O[C@]2(CC)C(=O)[O-])O[C@H](COS(=O)(=O)[O-])[C@H]1OCC.[Na+].[Na+].[Na+].[Na+].[Na+].[Na+].[Na+].[Na+]. The van der Waals surface area contributed by atoms with Gasteiger partial charge in [0.05, 0.1) is 44.4 Å². The van der Waals surface area contributed by atoms with E-state index in [2.05, 4.69) is 20.9 Å². The molecule has 7 aliphatic heterocycles. The van der Waals surface area contributed by atoms with Crippen LogP contribution in [0, 0.1) is 0 Å². The zero-order valence-corrected chi connectivity index (χ0v) is 78.5. The molecule has 1 unspecified atom stereocenters. The van der Waals surface area contributed by atoms with Crippen molar-refractivity contribution in [3.63, 3.8) is 0 Å². The first-order chi connectivity index (χ1) is 43.5. The Balaban J connectivity index is -0.0000123. The topological polar surface area (TPSA) is 662 Å². The predicted octanol–water partition coefficient (Wildman–Crippen LogP) is -35.0. The van der Waals surface area contributed by atoms with Crippen LogP contribution in [0.1, 0.15) is 27.2 Å². The van der Waals surface area contributed by atoms with Crippen molar-refractivity contribution in [2.45, 2.75) is 180 Å². The predicted molar refractivity (Wildman–Crippen MR) is 270 cm³/mol. The van der Waals surface area contributed by atoms with E-state index in [9.17, 15) is 97.6 Å². The summed E-state index contributed by atoms with van der Waals surface area (Å²) in [7, 11) is -31.6. The number of methoxy groups -OCH3 is 5. The molecule has 7 saturated heterocycles. The van der Waals surface area contributed by atoms with E-state index in [1.54, 1.807) is 0 Å². The maximum atomic E-state index is 13.7. The third-order valence-corrected chi connectivity index (χ3v) is 17.6. The van der Waals surface area contributed by atoms with Crippen LogP contribution in [0.25, 0.3) is 0 Å². The van der Waals surface area contributed by atoms with E-state index in [1.807, 2.05) is 0 Å². The van der Waals surface area contributed by atoms with Gasteiger partial charge in [-0.3, -0.25) is 25.1 Å². The number of nitrogens with two attached hydrogens (primary N) is 1. The monoisotopic (exact) mass is 1680 g/mol. The van der Waals surface area contributed by atoms with Crippen molar-refractivity contribution < 1.29 is 440 Å². The molecule has 0 aliphatic carbocycles. The Bertz CT molecular complexity index is 3300. The Morgan fingerprint density at radius 2 is 0.804 bits per heavy atom. The Morgan fingerprint density at radius 1 is 0.412 bits per heavy atom. The third kappa shape index (κ3) is 29.5. The Morgan fingerprint density at radius 3 is 1.21 bits per heavy atom. The van der Waals surface area contributed by atoms with Gasteiger partial charge in [0.15, 0.2) is 49.3 Å². The van der Waals surface area contributed by atoms with Gasteiger partial charge in [-0.05, 0) is 20.3 Å². The van der Waals surface area contributed by atoms with Gasteiger partial charge < -0.3 is 133 Å². The van der Waals surface area contributed by atoms with Crippen LogP contribution < -0.4 is 252 Å². The molecule has 46 nitrogen and oxygen atoms in total. The molecule has 7 aliphatic rings. The fourth-order valence-corrected chi connectivity index (χ4v) is 13.5. The van der Waals surface area contributed by atoms with Gasteiger partial charge in [-0.1, -0.05) is 6.92 Å². The fraction of sp³-hybridized carbons (Fsp3) is 0.952. The van der Waals surface area contributed by atoms with Gasteiger partial charge in [0.1, 0.15) is 97.2 Å². The average molecular weight is 1680 g/mol. The van der Waals surface area contributed by atoms with Crippen LogP contribution in [0.3, 0.4) is 0 Å². The van der Waals surface area contributed by atoms with E-state index in [-0.39, 0.29) is 250 Å². The second kappa shape index (κ2) is 47.1. The minimum absolute atomic E-state index is 0. The molecule has 2 N–H and O–H groups in total. The van der Waals surface area contributed by atoms with Crippen molar-refractivity contribution in [2.24, 2.45) is 5.73 Å². The van der Waals surface area contributed by atoms with E-state index >= 15 is 0 Å². The number of rotatable bonds is 35. The minimum atomic E-state index is -6.46. The number of fused-ring (bicyclic) bond motifs is 3. The number of carboxylic acids is 2. The van der Waals surface area contributed by atoms with E-state index in [0.717, 1.165) is 42.5 Å². The maximum Gasteiger partial charge on any atom is 1.00 e. The molecule has 0 amide bonds. The molecule has 0 radical (unpaired) electrons. The summed E-state index contributed by atoms with van der Waals surface area (Å²) < 4.78 is 343. The van der Waals surface area contributed by atoms with Crippen LogP contribution in [0.15, 0.2) is 0 Å². The third-order valence-electron chi connectivity index (χ3n) is 14.9. The van der Waals surface area contributed by atoms with Crippen LogP contribution >= 0.6 is 0 Å². The molecule has 550 valence electrons. The summed E-state index contributed by atoms with van der Waals surface area (Å²) in [5, 5.41) is 27.2. The van der Waals surface area contributed by atoms with Gasteiger partial charge in [-0.25, -0.2) is 50.5 Å². The van der Waals surface area contributed by atoms with Crippen molar-refractivity contribution in [3.05, 3.63) is 0 Å². The molecule has 7 heterocycles. The van der Waals surface area contributed by atoms with Crippen molar-refractivity contribution in [1.29, 1.82) is 0 Å². The van der Waals surface area contributed by atoms with Gasteiger partial charge in [0.25, 0.3) is 0 Å². The van der Waals surface area contributed by atoms with Crippen LogP contribution in [0.2, 0.25) is 0 Å². The molecule has 102 heavy (non-hydrogen) atoms. The maximum absolute atomic E-state index is 13.7. The molecule has 60 heteroatoms. The number of aliphatic carboxylic acids is 2. The quantitative estimate of drug-likeness (QED) is 0.0350. The van der Waals surface area contributed by atoms with E-state index in [1.165, 1.54) is 13.8 Å². The molecule has 7 rings (SSSR count). The first-order valence-corrected chi connectivity index (χ1v) is 34.8. The summed E-state index contributed by atoms with van der Waals surface area (Å²) in [5.74, 6) is -4.70. The molecule has 25 atom stereocenters. The molecule has 0 spiro atoms. The zero-order valence-electron chi connectivity index (χ0n) is 57.6. The first kappa shape index (κ1) is 112. The summed E-state index contributed by atoms with van der Waals surface area (Å²) in [5.41, 5.74) is 0.140. The first-order valence-electron chi connectivity index (χ1n) is 26.8. The fourth-order valence-electron chi connectivity index (χ4n) is 11.2. The Hall–Kier alpha value is 5.44. The van der Waals surface area contributed by atoms with Gasteiger partial charge in [0, 0.05) is 48.8 Å². The average Bonchev–Trinajstić information content (AvgIpc) is 0.724. The second-order valence-corrected chi connectivity index (χ2v) is 26.5. The van der Waals surface area contributed by atoms with Crippen molar-refractivity contribution in [2.75, 3.05) is 75.2 Å². The normalized spacial score (nSPS) is 36.4. The zero-order chi connectivity index (χ0) is 70.6. The molecule has 7 fully saturated rings. The van der Waals surface area contributed by atoms with Crippen LogP contribution in [-0.4, -0.2) is 317 Å². The van der Waals surface area contributed by atoms with Crippen LogP contribution in [0.4, 0.5) is 0 Å². The molecular weight excluding hydrogens is 1610 g/mol. The summed E-state index contributed by atoms with van der Waals surface area (Å²) >= 11 is 0. The van der Waals surface area contributed by atoms with Gasteiger partial charge in [-0.2, -0.15) is 0 Å². The van der Waals surface area contributed by atoms with Gasteiger partial charge >= 0.3 is 236 Å². The smallest absolute Gasteiger partial charge is 0.726 e. The molecule has 0 aromatic heterocycles.